The summed E-state index contributed by atoms with van der Waals surface area (Å²) >= 11 is 0. The molecular formula is C9H15N3. The molecule has 0 spiro atoms. The van der Waals surface area contributed by atoms with Gasteiger partial charge in [0.25, 0.3) is 0 Å². The first-order chi connectivity index (χ1) is 5.74. The van der Waals surface area contributed by atoms with Crippen LogP contribution < -0.4 is 5.73 Å². The molecule has 1 rings (SSSR count). The van der Waals surface area contributed by atoms with Gasteiger partial charge in [-0.3, -0.25) is 4.68 Å². The Hall–Kier alpha value is -1.09. The lowest BCUT2D eigenvalue weighted by molar-refractivity contribution is 0.532. The minimum Gasteiger partial charge on any atom is -0.327 e. The third kappa shape index (κ3) is 2.20. The summed E-state index contributed by atoms with van der Waals surface area (Å²) in [5.74, 6) is 0. The molecular weight excluding hydrogens is 150 g/mol. The van der Waals surface area contributed by atoms with Crippen molar-refractivity contribution < 1.29 is 0 Å². The molecule has 0 atom stereocenters. The van der Waals surface area contributed by atoms with E-state index in [1.807, 2.05) is 29.2 Å². The largest absolute Gasteiger partial charge is 0.327 e. The van der Waals surface area contributed by atoms with Crippen LogP contribution in [0.5, 0.6) is 0 Å². The van der Waals surface area contributed by atoms with Crippen molar-refractivity contribution in [2.45, 2.75) is 19.9 Å². The van der Waals surface area contributed by atoms with Crippen molar-refractivity contribution in [1.29, 1.82) is 0 Å². The third-order valence-corrected chi connectivity index (χ3v) is 1.60. The lowest BCUT2D eigenvalue weighted by Crippen LogP contribution is -1.99. The maximum Gasteiger partial charge on any atom is 0.0562 e. The van der Waals surface area contributed by atoms with Crippen molar-refractivity contribution >= 4 is 6.08 Å². The Labute approximate surface area is 72.9 Å². The van der Waals surface area contributed by atoms with Crippen molar-refractivity contribution in [2.75, 3.05) is 6.54 Å². The molecule has 0 aliphatic heterocycles. The quantitative estimate of drug-likeness (QED) is 0.736. The molecule has 0 aliphatic rings. The van der Waals surface area contributed by atoms with E-state index in [0.29, 0.717) is 12.6 Å². The SMILES string of the molecule is CC(C)n1cc(/C=C/CN)cn1. The van der Waals surface area contributed by atoms with Crippen molar-refractivity contribution in [3.63, 3.8) is 0 Å². The second kappa shape index (κ2) is 4.07. The smallest absolute Gasteiger partial charge is 0.0562 e. The predicted molar refractivity (Wildman–Crippen MR) is 50.7 cm³/mol. The number of hydrogen-bond acceptors (Lipinski definition) is 2. The Kier molecular flexibility index (Phi) is 3.05. The molecule has 0 bridgehead atoms. The molecule has 0 unspecified atom stereocenters. The number of nitrogens with two attached hydrogens (primary N) is 1. The lowest BCUT2D eigenvalue weighted by Gasteiger charge is -2.02. The maximum atomic E-state index is 5.33. The van der Waals surface area contributed by atoms with Crippen LogP contribution in [0.2, 0.25) is 0 Å². The van der Waals surface area contributed by atoms with E-state index in [2.05, 4.69) is 18.9 Å². The van der Waals surface area contributed by atoms with E-state index in [4.69, 9.17) is 5.73 Å². The summed E-state index contributed by atoms with van der Waals surface area (Å²) in [5, 5.41) is 4.19. The van der Waals surface area contributed by atoms with Gasteiger partial charge < -0.3 is 5.73 Å². The number of nitrogens with zero attached hydrogens (tertiary/aromatic N) is 2. The normalized spacial score (nSPS) is 11.7. The number of hydrogen-bond donors (Lipinski definition) is 1. The van der Waals surface area contributed by atoms with Gasteiger partial charge in [0.1, 0.15) is 0 Å². The van der Waals surface area contributed by atoms with E-state index in [1.165, 1.54) is 0 Å². The molecule has 0 aliphatic carbocycles. The first-order valence-electron chi connectivity index (χ1n) is 4.15. The van der Waals surface area contributed by atoms with Crippen LogP contribution in [0.3, 0.4) is 0 Å². The van der Waals surface area contributed by atoms with E-state index in [9.17, 15) is 0 Å². The minimum absolute atomic E-state index is 0.421. The number of aromatic nitrogens is 2. The third-order valence-electron chi connectivity index (χ3n) is 1.60. The predicted octanol–water partition coefficient (Wildman–Crippen LogP) is 1.44. The summed E-state index contributed by atoms with van der Waals surface area (Å²) in [5.41, 5.74) is 6.43. The van der Waals surface area contributed by atoms with Gasteiger partial charge in [-0.15, -0.1) is 0 Å². The molecule has 1 heterocycles. The van der Waals surface area contributed by atoms with E-state index < -0.39 is 0 Å². The molecule has 3 heteroatoms. The average Bonchev–Trinajstić information content (AvgIpc) is 2.48. The molecule has 2 N–H and O–H groups in total. The molecule has 0 saturated carbocycles. The highest BCUT2D eigenvalue weighted by Crippen LogP contribution is 2.06. The van der Waals surface area contributed by atoms with Gasteiger partial charge in [-0.1, -0.05) is 12.2 Å². The van der Waals surface area contributed by atoms with E-state index in [-0.39, 0.29) is 0 Å². The molecule has 0 fully saturated rings. The van der Waals surface area contributed by atoms with Crippen LogP contribution in [0.15, 0.2) is 18.5 Å². The topological polar surface area (TPSA) is 43.8 Å². The summed E-state index contributed by atoms with van der Waals surface area (Å²) in [7, 11) is 0. The molecule has 3 nitrogen and oxygen atoms in total. The Morgan fingerprint density at radius 2 is 2.42 bits per heavy atom. The van der Waals surface area contributed by atoms with E-state index in [0.717, 1.165) is 5.56 Å². The monoisotopic (exact) mass is 165 g/mol. The zero-order valence-corrected chi connectivity index (χ0v) is 7.57. The van der Waals surface area contributed by atoms with Crippen LogP contribution in [-0.4, -0.2) is 16.3 Å². The van der Waals surface area contributed by atoms with Crippen LogP contribution in [0.25, 0.3) is 6.08 Å². The maximum absolute atomic E-state index is 5.33. The van der Waals surface area contributed by atoms with Crippen LogP contribution >= 0.6 is 0 Å². The zero-order chi connectivity index (χ0) is 8.97. The van der Waals surface area contributed by atoms with Crippen LogP contribution in [0.4, 0.5) is 0 Å². The molecule has 1 aromatic heterocycles. The van der Waals surface area contributed by atoms with Gasteiger partial charge in [0.15, 0.2) is 0 Å². The van der Waals surface area contributed by atoms with Crippen LogP contribution in [0, 0.1) is 0 Å². The zero-order valence-electron chi connectivity index (χ0n) is 7.57. The fourth-order valence-electron chi connectivity index (χ4n) is 0.925. The Morgan fingerprint density at radius 3 is 2.92 bits per heavy atom. The van der Waals surface area contributed by atoms with Gasteiger partial charge in [0, 0.05) is 24.3 Å². The summed E-state index contributed by atoms with van der Waals surface area (Å²) in [6, 6.07) is 0.421. The first kappa shape index (κ1) is 9.00. The highest BCUT2D eigenvalue weighted by Gasteiger charge is 1.97. The Bertz CT molecular complexity index is 260. The molecule has 0 saturated heterocycles. The second-order valence-corrected chi connectivity index (χ2v) is 2.99. The fourth-order valence-corrected chi connectivity index (χ4v) is 0.925. The molecule has 0 radical (unpaired) electrons. The highest BCUT2D eigenvalue weighted by molar-refractivity contribution is 5.46. The van der Waals surface area contributed by atoms with Gasteiger partial charge in [-0.25, -0.2) is 0 Å². The second-order valence-electron chi connectivity index (χ2n) is 2.99. The van der Waals surface area contributed by atoms with E-state index in [1.54, 1.807) is 0 Å². The first-order valence-corrected chi connectivity index (χ1v) is 4.15. The van der Waals surface area contributed by atoms with Crippen molar-refractivity contribution in [3.8, 4) is 0 Å². The van der Waals surface area contributed by atoms with Crippen molar-refractivity contribution in [2.24, 2.45) is 5.73 Å². The number of rotatable bonds is 3. The Morgan fingerprint density at radius 1 is 1.67 bits per heavy atom. The highest BCUT2D eigenvalue weighted by atomic mass is 15.3. The van der Waals surface area contributed by atoms with Gasteiger partial charge in [-0.05, 0) is 13.8 Å². The molecule has 66 valence electrons. The average molecular weight is 165 g/mol. The minimum atomic E-state index is 0.421. The van der Waals surface area contributed by atoms with Gasteiger partial charge in [-0.2, -0.15) is 5.10 Å². The summed E-state index contributed by atoms with van der Waals surface area (Å²) in [6.07, 6.45) is 7.75. The Balaban J connectivity index is 2.70. The standard InChI is InChI=1S/C9H15N3/c1-8(2)12-7-9(6-11-12)4-3-5-10/h3-4,6-8H,5,10H2,1-2H3/b4-3+. The van der Waals surface area contributed by atoms with Gasteiger partial charge in [0.2, 0.25) is 0 Å². The fraction of sp³-hybridized carbons (Fsp3) is 0.444. The summed E-state index contributed by atoms with van der Waals surface area (Å²) < 4.78 is 1.93. The van der Waals surface area contributed by atoms with Crippen molar-refractivity contribution in [3.05, 3.63) is 24.0 Å². The molecule has 12 heavy (non-hydrogen) atoms. The lowest BCUT2D eigenvalue weighted by atomic mass is 10.3. The summed E-state index contributed by atoms with van der Waals surface area (Å²) in [4.78, 5) is 0. The van der Waals surface area contributed by atoms with Crippen molar-refractivity contribution in [1.82, 2.24) is 9.78 Å². The van der Waals surface area contributed by atoms with Gasteiger partial charge in [0.05, 0.1) is 6.20 Å². The molecule has 0 aromatic carbocycles. The van der Waals surface area contributed by atoms with Crippen LogP contribution in [-0.2, 0) is 0 Å². The molecule has 1 aromatic rings. The summed E-state index contributed by atoms with van der Waals surface area (Å²) in [6.45, 7) is 4.78. The van der Waals surface area contributed by atoms with Crippen LogP contribution in [0.1, 0.15) is 25.5 Å². The molecule has 0 amide bonds. The van der Waals surface area contributed by atoms with E-state index >= 15 is 0 Å². The van der Waals surface area contributed by atoms with Gasteiger partial charge >= 0.3 is 0 Å².